The quantitative estimate of drug-likeness (QED) is 0.770. The molecule has 0 radical (unpaired) electrons. The number of hydrogen-bond acceptors (Lipinski definition) is 4. The lowest BCUT2D eigenvalue weighted by atomic mass is 9.71. The topological polar surface area (TPSA) is 104 Å². The van der Waals surface area contributed by atoms with Gasteiger partial charge < -0.3 is 10.2 Å². The van der Waals surface area contributed by atoms with Gasteiger partial charge in [-0.15, -0.1) is 0 Å². The molecule has 1 aliphatic rings. The largest absolute Gasteiger partial charge is 0.507 e. The molecule has 2 rings (SSSR count). The van der Waals surface area contributed by atoms with Crippen LogP contribution < -0.4 is 4.72 Å². The normalized spacial score (nSPS) is 17.2. The molecule has 6 nitrogen and oxygen atoms in total. The Balaban J connectivity index is 2.30. The maximum atomic E-state index is 12.3. The molecule has 1 aromatic carbocycles. The van der Waals surface area contributed by atoms with Crippen LogP contribution in [-0.4, -0.2) is 31.1 Å². The van der Waals surface area contributed by atoms with Crippen LogP contribution in [-0.2, 0) is 10.0 Å². The fraction of sp³-hybridized carbons (Fsp3) is 0.500. The highest BCUT2D eigenvalue weighted by atomic mass is 32.2. The number of aromatic carboxylic acids is 1. The van der Waals surface area contributed by atoms with Crippen molar-refractivity contribution in [2.24, 2.45) is 5.41 Å². The van der Waals surface area contributed by atoms with Crippen LogP contribution in [0.4, 0.5) is 0 Å². The Morgan fingerprint density at radius 3 is 2.48 bits per heavy atom. The molecule has 1 fully saturated rings. The Labute approximate surface area is 123 Å². The second-order valence-corrected chi connectivity index (χ2v) is 7.66. The SMILES string of the molecule is Cc1cc(O)c(C(=O)O)cc1S(=O)(=O)NCC1(C)CCC1. The predicted molar refractivity (Wildman–Crippen MR) is 76.9 cm³/mol. The number of nitrogens with one attached hydrogen (secondary N) is 1. The number of hydrogen-bond donors (Lipinski definition) is 3. The third-order valence-corrected chi connectivity index (χ3v) is 5.61. The number of aryl methyl sites for hydroxylation is 1. The molecule has 21 heavy (non-hydrogen) atoms. The first-order chi connectivity index (χ1) is 9.65. The zero-order valence-corrected chi connectivity index (χ0v) is 12.8. The fourth-order valence-corrected chi connectivity index (χ4v) is 3.89. The average Bonchev–Trinajstić information content (AvgIpc) is 2.33. The van der Waals surface area contributed by atoms with E-state index in [1.165, 1.54) is 6.92 Å². The predicted octanol–water partition coefficient (Wildman–Crippen LogP) is 1.87. The Morgan fingerprint density at radius 1 is 1.38 bits per heavy atom. The van der Waals surface area contributed by atoms with Crippen molar-refractivity contribution in [2.45, 2.75) is 38.0 Å². The molecule has 0 unspecified atom stereocenters. The number of carbonyl (C=O) groups is 1. The standard InChI is InChI=1S/C14H19NO5S/c1-9-6-11(16)10(13(17)18)7-12(9)21(19,20)15-8-14(2)4-3-5-14/h6-7,15-16H,3-5,8H2,1-2H3,(H,17,18). The molecule has 7 heteroatoms. The summed E-state index contributed by atoms with van der Waals surface area (Å²) in [5.41, 5.74) is -0.132. The Kier molecular flexibility index (Phi) is 3.99. The molecule has 1 aliphatic carbocycles. The molecule has 0 bridgehead atoms. The number of carboxylic acids is 1. The van der Waals surface area contributed by atoms with Crippen LogP contribution >= 0.6 is 0 Å². The van der Waals surface area contributed by atoms with E-state index in [4.69, 9.17) is 5.11 Å². The lowest BCUT2D eigenvalue weighted by Crippen LogP contribution is -2.40. The lowest BCUT2D eigenvalue weighted by Gasteiger charge is -2.38. The second kappa shape index (κ2) is 5.31. The van der Waals surface area contributed by atoms with Crippen molar-refractivity contribution in [1.82, 2.24) is 4.72 Å². The van der Waals surface area contributed by atoms with Crippen LogP contribution in [0, 0.1) is 12.3 Å². The highest BCUT2D eigenvalue weighted by Gasteiger charge is 2.33. The summed E-state index contributed by atoms with van der Waals surface area (Å²) in [4.78, 5) is 10.9. The van der Waals surface area contributed by atoms with Gasteiger partial charge in [0.25, 0.3) is 0 Å². The van der Waals surface area contributed by atoms with Crippen LogP contribution in [0.3, 0.4) is 0 Å². The van der Waals surface area contributed by atoms with E-state index < -0.39 is 27.3 Å². The molecule has 3 N–H and O–H groups in total. The van der Waals surface area contributed by atoms with Gasteiger partial charge in [-0.05, 0) is 42.9 Å². The minimum Gasteiger partial charge on any atom is -0.507 e. The van der Waals surface area contributed by atoms with Gasteiger partial charge in [0.2, 0.25) is 10.0 Å². The molecule has 116 valence electrons. The van der Waals surface area contributed by atoms with E-state index in [9.17, 15) is 18.3 Å². The summed E-state index contributed by atoms with van der Waals surface area (Å²) in [6.07, 6.45) is 3.05. The van der Waals surface area contributed by atoms with Crippen LogP contribution in [0.2, 0.25) is 0 Å². The van der Waals surface area contributed by atoms with Gasteiger partial charge in [-0.1, -0.05) is 13.3 Å². The van der Waals surface area contributed by atoms with Gasteiger partial charge in [-0.2, -0.15) is 0 Å². The lowest BCUT2D eigenvalue weighted by molar-refractivity contribution is 0.0693. The minimum atomic E-state index is -3.80. The molecule has 0 aliphatic heterocycles. The van der Waals surface area contributed by atoms with Crippen molar-refractivity contribution in [3.05, 3.63) is 23.3 Å². The molecular formula is C14H19NO5S. The van der Waals surface area contributed by atoms with E-state index in [0.717, 1.165) is 31.4 Å². The van der Waals surface area contributed by atoms with Gasteiger partial charge in [0.15, 0.2) is 0 Å². The molecular weight excluding hydrogens is 294 g/mol. The summed E-state index contributed by atoms with van der Waals surface area (Å²) < 4.78 is 27.2. The van der Waals surface area contributed by atoms with Crippen molar-refractivity contribution in [1.29, 1.82) is 0 Å². The van der Waals surface area contributed by atoms with E-state index in [2.05, 4.69) is 4.72 Å². The highest BCUT2D eigenvalue weighted by Crippen LogP contribution is 2.39. The van der Waals surface area contributed by atoms with Crippen LogP contribution in [0.5, 0.6) is 5.75 Å². The molecule has 1 aromatic rings. The zero-order chi connectivity index (χ0) is 15.8. The third-order valence-electron chi connectivity index (χ3n) is 4.06. The molecule has 0 heterocycles. The van der Waals surface area contributed by atoms with Gasteiger partial charge in [-0.25, -0.2) is 17.9 Å². The first-order valence-electron chi connectivity index (χ1n) is 6.71. The summed E-state index contributed by atoms with van der Waals surface area (Å²) in [7, 11) is -3.80. The van der Waals surface area contributed by atoms with Gasteiger partial charge in [0, 0.05) is 6.54 Å². The van der Waals surface area contributed by atoms with Crippen molar-refractivity contribution < 1.29 is 23.4 Å². The summed E-state index contributed by atoms with van der Waals surface area (Å²) in [5, 5.41) is 18.5. The number of rotatable bonds is 5. The maximum absolute atomic E-state index is 12.3. The van der Waals surface area contributed by atoms with Gasteiger partial charge in [0.1, 0.15) is 11.3 Å². The Bertz CT molecular complexity index is 677. The average molecular weight is 313 g/mol. The molecule has 0 saturated heterocycles. The number of aromatic hydroxyl groups is 1. The van der Waals surface area contributed by atoms with E-state index >= 15 is 0 Å². The van der Waals surface area contributed by atoms with Gasteiger partial charge >= 0.3 is 5.97 Å². The van der Waals surface area contributed by atoms with Gasteiger partial charge in [0.05, 0.1) is 4.90 Å². The summed E-state index contributed by atoms with van der Waals surface area (Å²) in [6, 6.07) is 2.15. The van der Waals surface area contributed by atoms with E-state index in [-0.39, 0.29) is 10.3 Å². The fourth-order valence-electron chi connectivity index (χ4n) is 2.44. The van der Waals surface area contributed by atoms with E-state index in [0.29, 0.717) is 12.1 Å². The van der Waals surface area contributed by atoms with Crippen molar-refractivity contribution in [3.63, 3.8) is 0 Å². The molecule has 0 atom stereocenters. The molecule has 0 amide bonds. The van der Waals surface area contributed by atoms with Crippen molar-refractivity contribution >= 4 is 16.0 Å². The Hall–Kier alpha value is -1.60. The zero-order valence-electron chi connectivity index (χ0n) is 12.0. The summed E-state index contributed by atoms with van der Waals surface area (Å²) in [6.45, 7) is 3.87. The van der Waals surface area contributed by atoms with Crippen LogP contribution in [0.15, 0.2) is 17.0 Å². The van der Waals surface area contributed by atoms with E-state index in [1.807, 2.05) is 6.92 Å². The second-order valence-electron chi connectivity index (χ2n) is 5.93. The Morgan fingerprint density at radius 2 is 2.00 bits per heavy atom. The summed E-state index contributed by atoms with van der Waals surface area (Å²) in [5.74, 6) is -1.81. The smallest absolute Gasteiger partial charge is 0.339 e. The number of benzene rings is 1. The minimum absolute atomic E-state index is 0.0203. The molecule has 0 spiro atoms. The maximum Gasteiger partial charge on any atom is 0.339 e. The third kappa shape index (κ3) is 3.19. The van der Waals surface area contributed by atoms with Gasteiger partial charge in [-0.3, -0.25) is 0 Å². The number of sulfonamides is 1. The highest BCUT2D eigenvalue weighted by molar-refractivity contribution is 7.89. The molecule has 1 saturated carbocycles. The molecule has 0 aromatic heterocycles. The van der Waals surface area contributed by atoms with Crippen LogP contribution in [0.25, 0.3) is 0 Å². The van der Waals surface area contributed by atoms with E-state index in [1.54, 1.807) is 0 Å². The van der Waals surface area contributed by atoms with Crippen LogP contribution in [0.1, 0.15) is 42.1 Å². The number of carboxylic acid groups (broad SMARTS) is 1. The van der Waals surface area contributed by atoms with Crippen molar-refractivity contribution in [3.8, 4) is 5.75 Å². The summed E-state index contributed by atoms with van der Waals surface area (Å²) >= 11 is 0. The van der Waals surface area contributed by atoms with Crippen molar-refractivity contribution in [2.75, 3.05) is 6.54 Å². The monoisotopic (exact) mass is 313 g/mol. The first-order valence-corrected chi connectivity index (χ1v) is 8.19. The first kappa shape index (κ1) is 15.8. The number of phenols is 1.